The third-order valence-electron chi connectivity index (χ3n) is 3.28. The SMILES string of the molecule is CNc1nc(CN(C)C(C)CO)nc2c1cnn2C. The van der Waals surface area contributed by atoms with Gasteiger partial charge in [-0.1, -0.05) is 0 Å². The van der Waals surface area contributed by atoms with Gasteiger partial charge in [0.05, 0.1) is 24.7 Å². The lowest BCUT2D eigenvalue weighted by Crippen LogP contribution is -2.32. The number of nitrogens with zero attached hydrogens (tertiary/aromatic N) is 5. The van der Waals surface area contributed by atoms with Crippen molar-refractivity contribution >= 4 is 16.9 Å². The summed E-state index contributed by atoms with van der Waals surface area (Å²) >= 11 is 0. The molecule has 2 N–H and O–H groups in total. The normalized spacial score (nSPS) is 13.2. The maximum atomic E-state index is 9.16. The van der Waals surface area contributed by atoms with E-state index in [2.05, 4.69) is 20.4 Å². The van der Waals surface area contributed by atoms with Gasteiger partial charge in [-0.3, -0.25) is 9.58 Å². The first-order valence-electron chi connectivity index (χ1n) is 6.24. The van der Waals surface area contributed by atoms with Crippen molar-refractivity contribution in [3.63, 3.8) is 0 Å². The van der Waals surface area contributed by atoms with E-state index < -0.39 is 0 Å². The van der Waals surface area contributed by atoms with Gasteiger partial charge in [0, 0.05) is 20.1 Å². The average molecular weight is 264 g/mol. The highest BCUT2D eigenvalue weighted by Crippen LogP contribution is 2.19. The van der Waals surface area contributed by atoms with E-state index in [0.29, 0.717) is 12.4 Å². The lowest BCUT2D eigenvalue weighted by molar-refractivity contribution is 0.151. The first-order valence-corrected chi connectivity index (χ1v) is 6.24. The van der Waals surface area contributed by atoms with Crippen LogP contribution in [0.3, 0.4) is 0 Å². The Bertz CT molecular complexity index is 567. The van der Waals surface area contributed by atoms with Crippen LogP contribution in [0.1, 0.15) is 12.7 Å². The van der Waals surface area contributed by atoms with Crippen LogP contribution in [0.4, 0.5) is 5.82 Å². The number of aliphatic hydroxyl groups excluding tert-OH is 1. The number of nitrogens with one attached hydrogen (secondary N) is 1. The van der Waals surface area contributed by atoms with Crippen LogP contribution in [0.5, 0.6) is 0 Å². The van der Waals surface area contributed by atoms with Gasteiger partial charge in [-0.2, -0.15) is 5.10 Å². The second kappa shape index (κ2) is 5.50. The minimum atomic E-state index is 0.0730. The molecule has 2 aromatic rings. The number of fused-ring (bicyclic) bond motifs is 1. The molecular formula is C12H20N6O. The predicted octanol–water partition coefficient (Wildman–Crippen LogP) is 0.218. The van der Waals surface area contributed by atoms with Crippen LogP contribution >= 0.6 is 0 Å². The standard InChI is InChI=1S/C12H20N6O/c1-8(7-19)17(3)6-10-15-11(13-2)9-5-14-18(4)12(9)16-10/h5,8,19H,6-7H2,1-4H3,(H,13,15,16). The molecule has 0 aliphatic carbocycles. The predicted molar refractivity (Wildman–Crippen MR) is 73.9 cm³/mol. The van der Waals surface area contributed by atoms with E-state index in [9.17, 15) is 0 Å². The maximum Gasteiger partial charge on any atom is 0.163 e. The third-order valence-corrected chi connectivity index (χ3v) is 3.28. The molecule has 1 atom stereocenters. The van der Waals surface area contributed by atoms with Crippen molar-refractivity contribution in [1.82, 2.24) is 24.6 Å². The second-order valence-electron chi connectivity index (χ2n) is 4.69. The van der Waals surface area contributed by atoms with Crippen LogP contribution in [-0.4, -0.2) is 56.5 Å². The molecule has 1 unspecified atom stereocenters. The van der Waals surface area contributed by atoms with Crippen LogP contribution in [0.25, 0.3) is 11.0 Å². The summed E-state index contributed by atoms with van der Waals surface area (Å²) in [6, 6.07) is 0.0730. The number of aliphatic hydroxyl groups is 1. The Kier molecular flexibility index (Phi) is 3.96. The molecule has 0 aliphatic rings. The Morgan fingerprint density at radius 2 is 2.21 bits per heavy atom. The number of hydrogen-bond donors (Lipinski definition) is 2. The molecule has 2 rings (SSSR count). The number of anilines is 1. The summed E-state index contributed by atoms with van der Waals surface area (Å²) in [5, 5.41) is 17.3. The highest BCUT2D eigenvalue weighted by atomic mass is 16.3. The van der Waals surface area contributed by atoms with E-state index in [0.717, 1.165) is 16.9 Å². The fourth-order valence-electron chi connectivity index (χ4n) is 1.85. The summed E-state index contributed by atoms with van der Waals surface area (Å²) in [6.45, 7) is 2.66. The molecule has 0 spiro atoms. The molecule has 0 bridgehead atoms. The summed E-state index contributed by atoms with van der Waals surface area (Å²) in [5.41, 5.74) is 0.805. The molecule has 0 aliphatic heterocycles. The maximum absolute atomic E-state index is 9.16. The molecule has 0 aromatic carbocycles. The number of aromatic nitrogens is 4. The molecule has 0 amide bonds. The second-order valence-corrected chi connectivity index (χ2v) is 4.69. The molecule has 0 fully saturated rings. The molecule has 2 aromatic heterocycles. The zero-order valence-electron chi connectivity index (χ0n) is 11.8. The van der Waals surface area contributed by atoms with Gasteiger partial charge in [-0.25, -0.2) is 9.97 Å². The van der Waals surface area contributed by atoms with Gasteiger partial charge < -0.3 is 10.4 Å². The van der Waals surface area contributed by atoms with Gasteiger partial charge in [0.25, 0.3) is 0 Å². The van der Waals surface area contributed by atoms with E-state index >= 15 is 0 Å². The van der Waals surface area contributed by atoms with E-state index in [1.54, 1.807) is 10.9 Å². The van der Waals surface area contributed by atoms with Gasteiger partial charge in [0.2, 0.25) is 0 Å². The van der Waals surface area contributed by atoms with E-state index in [1.807, 2.05) is 33.0 Å². The van der Waals surface area contributed by atoms with Crippen LogP contribution in [0.15, 0.2) is 6.20 Å². The lowest BCUT2D eigenvalue weighted by Gasteiger charge is -2.22. The molecular weight excluding hydrogens is 244 g/mol. The quantitative estimate of drug-likeness (QED) is 0.804. The van der Waals surface area contributed by atoms with Crippen molar-refractivity contribution in [1.29, 1.82) is 0 Å². The van der Waals surface area contributed by atoms with Gasteiger partial charge in [-0.05, 0) is 14.0 Å². The molecule has 104 valence electrons. The highest BCUT2D eigenvalue weighted by molar-refractivity contribution is 5.86. The molecule has 0 saturated heterocycles. The van der Waals surface area contributed by atoms with Crippen molar-refractivity contribution < 1.29 is 5.11 Å². The monoisotopic (exact) mass is 264 g/mol. The zero-order chi connectivity index (χ0) is 14.0. The van der Waals surface area contributed by atoms with E-state index in [4.69, 9.17) is 5.11 Å². The van der Waals surface area contributed by atoms with Crippen molar-refractivity contribution in [2.24, 2.45) is 7.05 Å². The van der Waals surface area contributed by atoms with Crippen molar-refractivity contribution in [2.75, 3.05) is 26.0 Å². The summed E-state index contributed by atoms with van der Waals surface area (Å²) < 4.78 is 1.73. The van der Waals surface area contributed by atoms with Crippen molar-refractivity contribution in [2.45, 2.75) is 19.5 Å². The molecule has 2 heterocycles. The Hall–Kier alpha value is -1.73. The summed E-state index contributed by atoms with van der Waals surface area (Å²) in [5.74, 6) is 1.49. The minimum Gasteiger partial charge on any atom is -0.395 e. The number of hydrogen-bond acceptors (Lipinski definition) is 6. The molecule has 7 nitrogen and oxygen atoms in total. The smallest absolute Gasteiger partial charge is 0.163 e. The lowest BCUT2D eigenvalue weighted by atomic mass is 10.3. The Morgan fingerprint density at radius 1 is 1.47 bits per heavy atom. The van der Waals surface area contributed by atoms with Gasteiger partial charge in [-0.15, -0.1) is 0 Å². The van der Waals surface area contributed by atoms with Gasteiger partial charge in [0.1, 0.15) is 11.6 Å². The summed E-state index contributed by atoms with van der Waals surface area (Å²) in [6.07, 6.45) is 1.75. The Balaban J connectivity index is 2.36. The van der Waals surface area contributed by atoms with E-state index in [1.165, 1.54) is 0 Å². The minimum absolute atomic E-state index is 0.0730. The fraction of sp³-hybridized carbons (Fsp3) is 0.583. The average Bonchev–Trinajstić information content (AvgIpc) is 2.78. The van der Waals surface area contributed by atoms with Gasteiger partial charge >= 0.3 is 0 Å². The third kappa shape index (κ3) is 2.66. The molecule has 0 radical (unpaired) electrons. The highest BCUT2D eigenvalue weighted by Gasteiger charge is 2.14. The number of aryl methyl sites for hydroxylation is 1. The van der Waals surface area contributed by atoms with Crippen LogP contribution in [-0.2, 0) is 13.6 Å². The Morgan fingerprint density at radius 3 is 2.84 bits per heavy atom. The summed E-state index contributed by atoms with van der Waals surface area (Å²) in [4.78, 5) is 11.0. The topological polar surface area (TPSA) is 79.1 Å². The van der Waals surface area contributed by atoms with E-state index in [-0.39, 0.29) is 12.6 Å². The zero-order valence-corrected chi connectivity index (χ0v) is 11.8. The van der Waals surface area contributed by atoms with Crippen molar-refractivity contribution in [3.05, 3.63) is 12.0 Å². The fourth-order valence-corrected chi connectivity index (χ4v) is 1.85. The first-order chi connectivity index (χ1) is 9.06. The summed E-state index contributed by atoms with van der Waals surface area (Å²) in [7, 11) is 5.63. The number of rotatable bonds is 5. The molecule has 0 saturated carbocycles. The van der Waals surface area contributed by atoms with Crippen molar-refractivity contribution in [3.8, 4) is 0 Å². The van der Waals surface area contributed by atoms with Crippen LogP contribution in [0.2, 0.25) is 0 Å². The van der Waals surface area contributed by atoms with Crippen LogP contribution in [0, 0.1) is 0 Å². The number of likely N-dealkylation sites (N-methyl/N-ethyl adjacent to an activating group) is 1. The molecule has 7 heteroatoms. The first kappa shape index (κ1) is 13.7. The Labute approximate surface area is 112 Å². The van der Waals surface area contributed by atoms with Gasteiger partial charge in [0.15, 0.2) is 5.65 Å². The largest absolute Gasteiger partial charge is 0.395 e. The molecule has 19 heavy (non-hydrogen) atoms. The van der Waals surface area contributed by atoms with Crippen LogP contribution < -0.4 is 5.32 Å².